The lowest BCUT2D eigenvalue weighted by atomic mass is 10.2. The second-order valence-electron chi connectivity index (χ2n) is 2.29. The highest BCUT2D eigenvalue weighted by molar-refractivity contribution is 14.1. The Morgan fingerprint density at radius 2 is 2.09 bits per heavy atom. The van der Waals surface area contributed by atoms with Crippen molar-refractivity contribution in [2.45, 2.75) is 13.5 Å². The summed E-state index contributed by atoms with van der Waals surface area (Å²) in [6.07, 6.45) is 0. The maximum Gasteiger partial charge on any atom is 0.0178 e. The second kappa shape index (κ2) is 4.95. The third-order valence-electron chi connectivity index (χ3n) is 1.47. The SMILES string of the molecule is Cc1ccc(CN)cc1I.Cl. The molecule has 1 nitrogen and oxygen atoms in total. The molecule has 0 spiro atoms. The van der Waals surface area contributed by atoms with E-state index in [1.54, 1.807) is 0 Å². The van der Waals surface area contributed by atoms with Gasteiger partial charge in [0.05, 0.1) is 0 Å². The van der Waals surface area contributed by atoms with Gasteiger partial charge in [-0.25, -0.2) is 0 Å². The molecule has 0 amide bonds. The fraction of sp³-hybridized carbons (Fsp3) is 0.250. The van der Waals surface area contributed by atoms with Crippen LogP contribution in [0.25, 0.3) is 0 Å². The van der Waals surface area contributed by atoms with Crippen molar-refractivity contribution in [2.75, 3.05) is 0 Å². The average molecular weight is 284 g/mol. The summed E-state index contributed by atoms with van der Waals surface area (Å²) in [5.74, 6) is 0. The maximum absolute atomic E-state index is 5.47. The Morgan fingerprint density at radius 3 is 2.55 bits per heavy atom. The molecule has 0 saturated carbocycles. The van der Waals surface area contributed by atoms with Crippen LogP contribution in [0.2, 0.25) is 0 Å². The minimum atomic E-state index is 0. The first kappa shape index (κ1) is 11.2. The Bertz CT molecular complexity index is 238. The smallest absolute Gasteiger partial charge is 0.0178 e. The van der Waals surface area contributed by atoms with Gasteiger partial charge in [0.1, 0.15) is 0 Å². The normalized spacial score (nSPS) is 9.00. The van der Waals surface area contributed by atoms with Gasteiger partial charge in [-0.1, -0.05) is 12.1 Å². The van der Waals surface area contributed by atoms with Gasteiger partial charge in [0.25, 0.3) is 0 Å². The van der Waals surface area contributed by atoms with Gasteiger partial charge in [0, 0.05) is 10.1 Å². The number of benzene rings is 1. The Hall–Kier alpha value is 0.200. The van der Waals surface area contributed by atoms with Crippen LogP contribution < -0.4 is 5.73 Å². The zero-order chi connectivity index (χ0) is 7.56. The average Bonchev–Trinajstić information content (AvgIpc) is 1.95. The van der Waals surface area contributed by atoms with Crippen LogP contribution in [0.5, 0.6) is 0 Å². The quantitative estimate of drug-likeness (QED) is 0.787. The van der Waals surface area contributed by atoms with Crippen molar-refractivity contribution in [1.82, 2.24) is 0 Å². The Morgan fingerprint density at radius 1 is 1.45 bits per heavy atom. The highest BCUT2D eigenvalue weighted by Crippen LogP contribution is 2.12. The van der Waals surface area contributed by atoms with E-state index in [0.717, 1.165) is 0 Å². The standard InChI is InChI=1S/C8H10IN.ClH/c1-6-2-3-7(5-10)4-8(6)9;/h2-4H,5,10H2,1H3;1H. The van der Waals surface area contributed by atoms with E-state index in [1.807, 2.05) is 0 Å². The Kier molecular flexibility index (Phi) is 5.04. The fourth-order valence-electron chi connectivity index (χ4n) is 0.763. The summed E-state index contributed by atoms with van der Waals surface area (Å²) in [4.78, 5) is 0. The summed E-state index contributed by atoms with van der Waals surface area (Å²) in [7, 11) is 0. The molecular weight excluding hydrogens is 272 g/mol. The van der Waals surface area contributed by atoms with E-state index in [2.05, 4.69) is 47.7 Å². The molecule has 0 heterocycles. The van der Waals surface area contributed by atoms with Gasteiger partial charge in [0.2, 0.25) is 0 Å². The van der Waals surface area contributed by atoms with Crippen LogP contribution in [0.3, 0.4) is 0 Å². The van der Waals surface area contributed by atoms with Crippen molar-refractivity contribution in [3.63, 3.8) is 0 Å². The van der Waals surface area contributed by atoms with Gasteiger partial charge in [-0.3, -0.25) is 0 Å². The summed E-state index contributed by atoms with van der Waals surface area (Å²) in [6.45, 7) is 2.73. The van der Waals surface area contributed by atoms with Gasteiger partial charge < -0.3 is 5.73 Å². The second-order valence-corrected chi connectivity index (χ2v) is 3.45. The summed E-state index contributed by atoms with van der Waals surface area (Å²) in [6, 6.07) is 6.29. The Labute approximate surface area is 86.9 Å². The number of hydrogen-bond donors (Lipinski definition) is 1. The van der Waals surface area contributed by atoms with Crippen molar-refractivity contribution in [3.8, 4) is 0 Å². The van der Waals surface area contributed by atoms with Crippen molar-refractivity contribution < 1.29 is 0 Å². The van der Waals surface area contributed by atoms with Gasteiger partial charge in [-0.05, 0) is 46.7 Å². The van der Waals surface area contributed by atoms with E-state index in [4.69, 9.17) is 5.73 Å². The topological polar surface area (TPSA) is 26.0 Å². The first-order valence-corrected chi connectivity index (χ1v) is 4.27. The third kappa shape index (κ3) is 2.97. The Balaban J connectivity index is 0.000001000. The van der Waals surface area contributed by atoms with Crippen LogP contribution in [-0.4, -0.2) is 0 Å². The van der Waals surface area contributed by atoms with E-state index >= 15 is 0 Å². The third-order valence-corrected chi connectivity index (χ3v) is 2.63. The summed E-state index contributed by atoms with van der Waals surface area (Å²) < 4.78 is 1.29. The van der Waals surface area contributed by atoms with E-state index < -0.39 is 0 Å². The predicted octanol–water partition coefficient (Wildman–Crippen LogP) is 2.48. The molecule has 0 saturated heterocycles. The minimum absolute atomic E-state index is 0. The lowest BCUT2D eigenvalue weighted by Gasteiger charge is -1.99. The van der Waals surface area contributed by atoms with E-state index in [9.17, 15) is 0 Å². The lowest BCUT2D eigenvalue weighted by Crippen LogP contribution is -1.96. The van der Waals surface area contributed by atoms with E-state index in [1.165, 1.54) is 14.7 Å². The van der Waals surface area contributed by atoms with Crippen LogP contribution in [0.15, 0.2) is 18.2 Å². The lowest BCUT2D eigenvalue weighted by molar-refractivity contribution is 1.07. The fourth-order valence-corrected chi connectivity index (χ4v) is 1.34. The molecule has 2 N–H and O–H groups in total. The molecule has 1 aromatic rings. The van der Waals surface area contributed by atoms with Crippen molar-refractivity contribution in [2.24, 2.45) is 5.73 Å². The summed E-state index contributed by atoms with van der Waals surface area (Å²) in [5, 5.41) is 0. The van der Waals surface area contributed by atoms with Crippen LogP contribution in [0, 0.1) is 10.5 Å². The zero-order valence-electron chi connectivity index (χ0n) is 6.30. The van der Waals surface area contributed by atoms with Crippen molar-refractivity contribution in [3.05, 3.63) is 32.9 Å². The molecule has 0 aliphatic carbocycles. The predicted molar refractivity (Wildman–Crippen MR) is 59.0 cm³/mol. The number of nitrogens with two attached hydrogens (primary N) is 1. The maximum atomic E-state index is 5.47. The van der Waals surface area contributed by atoms with Gasteiger partial charge in [-0.2, -0.15) is 0 Å². The first-order chi connectivity index (χ1) is 4.74. The first-order valence-electron chi connectivity index (χ1n) is 3.19. The molecule has 1 rings (SSSR count). The highest BCUT2D eigenvalue weighted by Gasteiger charge is 1.93. The molecular formula is C8H11ClIN. The van der Waals surface area contributed by atoms with Crippen LogP contribution in [-0.2, 0) is 6.54 Å². The number of rotatable bonds is 1. The molecule has 0 fully saturated rings. The molecule has 62 valence electrons. The molecule has 0 aliphatic heterocycles. The molecule has 1 aromatic carbocycles. The number of halogens is 2. The minimum Gasteiger partial charge on any atom is -0.326 e. The van der Waals surface area contributed by atoms with E-state index in [0.29, 0.717) is 6.54 Å². The summed E-state index contributed by atoms with van der Waals surface area (Å²) in [5.41, 5.74) is 7.99. The summed E-state index contributed by atoms with van der Waals surface area (Å²) >= 11 is 2.32. The van der Waals surface area contributed by atoms with Crippen molar-refractivity contribution in [1.29, 1.82) is 0 Å². The van der Waals surface area contributed by atoms with Crippen LogP contribution in [0.1, 0.15) is 11.1 Å². The van der Waals surface area contributed by atoms with Gasteiger partial charge >= 0.3 is 0 Å². The monoisotopic (exact) mass is 283 g/mol. The molecule has 0 aliphatic rings. The van der Waals surface area contributed by atoms with E-state index in [-0.39, 0.29) is 12.4 Å². The zero-order valence-corrected chi connectivity index (χ0v) is 9.28. The molecule has 0 radical (unpaired) electrons. The number of aryl methyl sites for hydroxylation is 1. The van der Waals surface area contributed by atoms with Gasteiger partial charge in [0.15, 0.2) is 0 Å². The molecule has 3 heteroatoms. The molecule has 0 atom stereocenters. The number of hydrogen-bond acceptors (Lipinski definition) is 1. The highest BCUT2D eigenvalue weighted by atomic mass is 127. The van der Waals surface area contributed by atoms with Crippen LogP contribution in [0.4, 0.5) is 0 Å². The van der Waals surface area contributed by atoms with Crippen LogP contribution >= 0.6 is 35.0 Å². The molecule has 11 heavy (non-hydrogen) atoms. The molecule has 0 unspecified atom stereocenters. The van der Waals surface area contributed by atoms with Crippen molar-refractivity contribution >= 4 is 35.0 Å². The molecule has 0 bridgehead atoms. The van der Waals surface area contributed by atoms with Gasteiger partial charge in [-0.15, -0.1) is 12.4 Å². The molecule has 0 aromatic heterocycles. The largest absolute Gasteiger partial charge is 0.326 e.